The summed E-state index contributed by atoms with van der Waals surface area (Å²) in [5, 5.41) is 0. The molecule has 0 saturated carbocycles. The minimum atomic E-state index is -3.83. The fourth-order valence-electron chi connectivity index (χ4n) is 2.51. The van der Waals surface area contributed by atoms with Gasteiger partial charge in [-0.2, -0.15) is 0 Å². The molecule has 0 fully saturated rings. The van der Waals surface area contributed by atoms with E-state index in [9.17, 15) is 16.8 Å². The predicted molar refractivity (Wildman–Crippen MR) is 111 cm³/mol. The summed E-state index contributed by atoms with van der Waals surface area (Å²) >= 11 is 0. The van der Waals surface area contributed by atoms with Crippen molar-refractivity contribution in [3.05, 3.63) is 85.2 Å². The number of hydrogen-bond acceptors (Lipinski definition) is 4. The first-order valence-corrected chi connectivity index (χ1v) is 11.4. The summed E-state index contributed by atoms with van der Waals surface area (Å²) < 4.78 is 53.2. The van der Waals surface area contributed by atoms with Crippen molar-refractivity contribution in [3.8, 4) is 0 Å². The number of aryl methyl sites for hydroxylation is 2. The van der Waals surface area contributed by atoms with E-state index < -0.39 is 20.0 Å². The quantitative estimate of drug-likeness (QED) is 0.624. The summed E-state index contributed by atoms with van der Waals surface area (Å²) in [5.74, 6) is 0. The van der Waals surface area contributed by atoms with Gasteiger partial charge in [-0.25, -0.2) is 16.8 Å². The second-order valence-electron chi connectivity index (χ2n) is 6.22. The second-order valence-corrected chi connectivity index (χ2v) is 10.0. The van der Waals surface area contributed by atoms with E-state index in [2.05, 4.69) is 13.2 Å². The molecule has 0 spiro atoms. The lowest BCUT2D eigenvalue weighted by atomic mass is 10.2. The van der Waals surface area contributed by atoms with Gasteiger partial charge in [0.05, 0.1) is 22.9 Å². The maximum atomic E-state index is 12.8. The van der Waals surface area contributed by atoms with Crippen LogP contribution in [0.5, 0.6) is 0 Å². The average Bonchev–Trinajstić information content (AvgIpc) is 2.65. The lowest BCUT2D eigenvalue weighted by Gasteiger charge is -2.25. The Hall–Kier alpha value is -2.58. The topological polar surface area (TPSA) is 74.8 Å². The van der Waals surface area contributed by atoms with Crippen LogP contribution in [0.25, 0.3) is 0 Å². The van der Waals surface area contributed by atoms with E-state index in [1.54, 1.807) is 24.3 Å². The number of hydrogen-bond donors (Lipinski definition) is 0. The Morgan fingerprint density at radius 1 is 0.679 bits per heavy atom. The van der Waals surface area contributed by atoms with Crippen LogP contribution in [0.1, 0.15) is 11.1 Å². The van der Waals surface area contributed by atoms with Gasteiger partial charge in [-0.3, -0.25) is 8.61 Å². The molecule has 0 amide bonds. The molecule has 0 heterocycles. The van der Waals surface area contributed by atoms with Crippen molar-refractivity contribution < 1.29 is 16.8 Å². The van der Waals surface area contributed by atoms with Gasteiger partial charge in [-0.15, -0.1) is 0 Å². The highest BCUT2D eigenvalue weighted by atomic mass is 32.2. The Morgan fingerprint density at radius 2 is 0.964 bits per heavy atom. The Balaban J connectivity index is 2.22. The number of benzene rings is 2. The van der Waals surface area contributed by atoms with Crippen LogP contribution in [0.15, 0.2) is 83.9 Å². The highest BCUT2D eigenvalue weighted by Crippen LogP contribution is 2.19. The third-order valence-electron chi connectivity index (χ3n) is 4.20. The van der Waals surface area contributed by atoms with Crippen LogP contribution in [0.3, 0.4) is 0 Å². The molecule has 0 N–H and O–H groups in total. The maximum absolute atomic E-state index is 12.8. The predicted octanol–water partition coefficient (Wildman–Crippen LogP) is 3.27. The van der Waals surface area contributed by atoms with Gasteiger partial charge in [0, 0.05) is 12.4 Å². The van der Waals surface area contributed by atoms with Gasteiger partial charge in [0.1, 0.15) is 0 Å². The molecule has 6 nitrogen and oxygen atoms in total. The normalized spacial score (nSPS) is 11.6. The summed E-state index contributed by atoms with van der Waals surface area (Å²) in [7, 11) is -7.66. The minimum absolute atomic E-state index is 0.100. The zero-order valence-corrected chi connectivity index (χ0v) is 17.6. The Kier molecular flexibility index (Phi) is 6.69. The van der Waals surface area contributed by atoms with E-state index >= 15 is 0 Å². The number of sulfonamides is 2. The third kappa shape index (κ3) is 4.63. The molecule has 0 aromatic heterocycles. The monoisotopic (exact) mass is 420 g/mol. The van der Waals surface area contributed by atoms with Gasteiger partial charge in [0.2, 0.25) is 0 Å². The Labute approximate surface area is 167 Å². The smallest absolute Gasteiger partial charge is 0.263 e. The number of nitrogens with zero attached hydrogens (tertiary/aromatic N) is 2. The van der Waals surface area contributed by atoms with Gasteiger partial charge in [-0.1, -0.05) is 48.6 Å². The summed E-state index contributed by atoms with van der Waals surface area (Å²) in [4.78, 5) is 0.231. The van der Waals surface area contributed by atoms with E-state index in [4.69, 9.17) is 0 Å². The van der Waals surface area contributed by atoms with Gasteiger partial charge < -0.3 is 0 Å². The van der Waals surface area contributed by atoms with Crippen molar-refractivity contribution in [3.63, 3.8) is 0 Å². The first-order valence-electron chi connectivity index (χ1n) is 8.55. The minimum Gasteiger partial charge on any atom is -0.272 e. The van der Waals surface area contributed by atoms with E-state index in [1.807, 2.05) is 13.8 Å². The van der Waals surface area contributed by atoms with E-state index in [1.165, 1.54) is 36.7 Å². The molecule has 2 aromatic rings. The first-order chi connectivity index (χ1) is 13.1. The molecule has 0 bridgehead atoms. The Bertz CT molecular complexity index is 955. The second kappa shape index (κ2) is 8.62. The number of rotatable bonds is 9. The highest BCUT2D eigenvalue weighted by molar-refractivity contribution is 7.89. The molecule has 0 aliphatic heterocycles. The van der Waals surface area contributed by atoms with Crippen LogP contribution in [0.4, 0.5) is 0 Å². The fourth-order valence-corrected chi connectivity index (χ4v) is 5.05. The van der Waals surface area contributed by atoms with Crippen molar-refractivity contribution in [2.45, 2.75) is 23.6 Å². The molecule has 0 unspecified atom stereocenters. The zero-order valence-electron chi connectivity index (χ0n) is 15.9. The molecule has 0 atom stereocenters. The molecular formula is C20H24N2O4S2. The SMILES string of the molecule is C=CN(CCN(C=C)S(=O)(=O)c1ccc(C)cc1)S(=O)(=O)c1ccc(C)cc1. The lowest BCUT2D eigenvalue weighted by molar-refractivity contribution is 0.440. The molecule has 0 aliphatic rings. The molecule has 28 heavy (non-hydrogen) atoms. The van der Waals surface area contributed by atoms with Gasteiger partial charge in [0.15, 0.2) is 0 Å². The van der Waals surface area contributed by atoms with Gasteiger partial charge in [0.25, 0.3) is 20.0 Å². The summed E-state index contributed by atoms with van der Waals surface area (Å²) in [6, 6.07) is 12.8. The standard InChI is InChI=1S/C20H24N2O4S2/c1-5-21(27(23,24)19-11-7-17(3)8-12-19)15-16-22(6-2)28(25,26)20-13-9-18(4)10-14-20/h5-14H,1-2,15-16H2,3-4H3. The van der Waals surface area contributed by atoms with Crippen LogP contribution in [-0.4, -0.2) is 38.5 Å². The molecule has 8 heteroatoms. The van der Waals surface area contributed by atoms with E-state index in [0.717, 1.165) is 19.7 Å². The highest BCUT2D eigenvalue weighted by Gasteiger charge is 2.25. The first kappa shape index (κ1) is 21.7. The molecule has 2 aromatic carbocycles. The van der Waals surface area contributed by atoms with Gasteiger partial charge >= 0.3 is 0 Å². The fraction of sp³-hybridized carbons (Fsp3) is 0.200. The van der Waals surface area contributed by atoms with Crippen molar-refractivity contribution in [1.29, 1.82) is 0 Å². The summed E-state index contributed by atoms with van der Waals surface area (Å²) in [6.07, 6.45) is 2.35. The molecule has 150 valence electrons. The van der Waals surface area contributed by atoms with Crippen LogP contribution < -0.4 is 0 Å². The van der Waals surface area contributed by atoms with Crippen molar-refractivity contribution in [2.75, 3.05) is 13.1 Å². The third-order valence-corrected chi connectivity index (χ3v) is 7.84. The summed E-state index contributed by atoms with van der Waals surface area (Å²) in [6.45, 7) is 10.6. The van der Waals surface area contributed by atoms with Gasteiger partial charge in [-0.05, 0) is 38.1 Å². The van der Waals surface area contributed by atoms with Crippen LogP contribution >= 0.6 is 0 Å². The molecule has 2 rings (SSSR count). The molecular weight excluding hydrogens is 396 g/mol. The average molecular weight is 421 g/mol. The van der Waals surface area contributed by atoms with Crippen LogP contribution in [-0.2, 0) is 20.0 Å². The van der Waals surface area contributed by atoms with E-state index in [0.29, 0.717) is 0 Å². The zero-order chi connectivity index (χ0) is 20.9. The molecule has 0 saturated heterocycles. The van der Waals surface area contributed by atoms with E-state index in [-0.39, 0.29) is 22.9 Å². The van der Waals surface area contributed by atoms with Crippen molar-refractivity contribution in [2.24, 2.45) is 0 Å². The molecule has 0 radical (unpaired) electrons. The lowest BCUT2D eigenvalue weighted by Crippen LogP contribution is -2.36. The molecule has 0 aliphatic carbocycles. The van der Waals surface area contributed by atoms with Crippen molar-refractivity contribution in [1.82, 2.24) is 8.61 Å². The van der Waals surface area contributed by atoms with Crippen molar-refractivity contribution >= 4 is 20.0 Å². The maximum Gasteiger partial charge on any atom is 0.263 e. The van der Waals surface area contributed by atoms with Crippen LogP contribution in [0.2, 0.25) is 0 Å². The summed E-state index contributed by atoms with van der Waals surface area (Å²) in [5.41, 5.74) is 1.87. The Morgan fingerprint density at radius 3 is 1.21 bits per heavy atom. The van der Waals surface area contributed by atoms with Crippen LogP contribution in [0, 0.1) is 13.8 Å². The largest absolute Gasteiger partial charge is 0.272 e.